The van der Waals surface area contributed by atoms with Gasteiger partial charge in [0.2, 0.25) is 0 Å². The highest BCUT2D eigenvalue weighted by atomic mass is 16.5. The Morgan fingerprint density at radius 1 is 1.39 bits per heavy atom. The van der Waals surface area contributed by atoms with Crippen molar-refractivity contribution in [1.29, 1.82) is 0 Å². The summed E-state index contributed by atoms with van der Waals surface area (Å²) in [6.45, 7) is 6.45. The van der Waals surface area contributed by atoms with E-state index in [1.165, 1.54) is 6.42 Å². The Kier molecular flexibility index (Phi) is 5.42. The van der Waals surface area contributed by atoms with Crippen LogP contribution in [0.25, 0.3) is 0 Å². The van der Waals surface area contributed by atoms with Gasteiger partial charge in [0.05, 0.1) is 12.7 Å². The van der Waals surface area contributed by atoms with Gasteiger partial charge in [-0.1, -0.05) is 0 Å². The van der Waals surface area contributed by atoms with Gasteiger partial charge in [-0.05, 0) is 33.2 Å². The summed E-state index contributed by atoms with van der Waals surface area (Å²) < 4.78 is 11.1. The van der Waals surface area contributed by atoms with Crippen LogP contribution >= 0.6 is 0 Å². The lowest BCUT2D eigenvalue weighted by Gasteiger charge is -2.41. The van der Waals surface area contributed by atoms with Crippen molar-refractivity contribution in [2.75, 3.05) is 40.5 Å². The van der Waals surface area contributed by atoms with Crippen molar-refractivity contribution in [3.63, 3.8) is 0 Å². The summed E-state index contributed by atoms with van der Waals surface area (Å²) in [7, 11) is 3.91. The fourth-order valence-corrected chi connectivity index (χ4v) is 3.32. The molecule has 2 rings (SSSR count). The lowest BCUT2D eigenvalue weighted by Crippen LogP contribution is -2.51. The third-order valence-corrected chi connectivity index (χ3v) is 4.61. The lowest BCUT2D eigenvalue weighted by atomic mass is 9.92. The molecular formula is C14H28N2O2. The lowest BCUT2D eigenvalue weighted by molar-refractivity contribution is -0.0180. The van der Waals surface area contributed by atoms with Gasteiger partial charge >= 0.3 is 0 Å². The Bertz CT molecular complexity index is 250. The van der Waals surface area contributed by atoms with Crippen LogP contribution in [0.3, 0.4) is 0 Å². The van der Waals surface area contributed by atoms with Gasteiger partial charge in [0.1, 0.15) is 0 Å². The molecule has 1 N–H and O–H groups in total. The number of nitrogens with one attached hydrogen (secondary N) is 1. The summed E-state index contributed by atoms with van der Waals surface area (Å²) in [5, 5.41) is 3.45. The van der Waals surface area contributed by atoms with Crippen molar-refractivity contribution < 1.29 is 9.47 Å². The Morgan fingerprint density at radius 2 is 2.22 bits per heavy atom. The topological polar surface area (TPSA) is 33.7 Å². The van der Waals surface area contributed by atoms with E-state index in [0.717, 1.165) is 39.1 Å². The first-order valence-corrected chi connectivity index (χ1v) is 7.26. The molecule has 0 aromatic heterocycles. The van der Waals surface area contributed by atoms with Crippen LogP contribution in [0.4, 0.5) is 0 Å². The van der Waals surface area contributed by atoms with Gasteiger partial charge in [-0.25, -0.2) is 0 Å². The molecule has 4 nitrogen and oxygen atoms in total. The van der Waals surface area contributed by atoms with Crippen molar-refractivity contribution in [2.45, 2.75) is 44.4 Å². The number of ether oxygens (including phenoxy) is 2. The minimum absolute atomic E-state index is 0.457. The van der Waals surface area contributed by atoms with Crippen molar-refractivity contribution >= 4 is 0 Å². The average Bonchev–Trinajstić information content (AvgIpc) is 2.41. The van der Waals surface area contributed by atoms with E-state index in [1.807, 2.05) is 7.11 Å². The highest BCUT2D eigenvalue weighted by Gasteiger charge is 2.31. The molecule has 4 atom stereocenters. The van der Waals surface area contributed by atoms with E-state index >= 15 is 0 Å². The van der Waals surface area contributed by atoms with Crippen molar-refractivity contribution in [3.05, 3.63) is 0 Å². The van der Waals surface area contributed by atoms with Gasteiger partial charge in [-0.3, -0.25) is 0 Å². The fourth-order valence-electron chi connectivity index (χ4n) is 3.32. The van der Waals surface area contributed by atoms with Crippen LogP contribution in [-0.2, 0) is 9.47 Å². The van der Waals surface area contributed by atoms with E-state index in [2.05, 4.69) is 24.2 Å². The van der Waals surface area contributed by atoms with Crippen LogP contribution in [0.1, 0.15) is 26.2 Å². The number of hydrogen-bond donors (Lipinski definition) is 1. The predicted molar refractivity (Wildman–Crippen MR) is 72.8 cm³/mol. The van der Waals surface area contributed by atoms with Crippen molar-refractivity contribution in [3.8, 4) is 0 Å². The number of rotatable bonds is 4. The monoisotopic (exact) mass is 256 g/mol. The minimum Gasteiger partial charge on any atom is -0.381 e. The molecular weight excluding hydrogens is 228 g/mol. The SMILES string of the molecule is CNC1CCOCC1CN1CCC(OC)CC1C. The number of methoxy groups -OCH3 is 1. The molecule has 0 aliphatic carbocycles. The smallest absolute Gasteiger partial charge is 0.0598 e. The van der Waals surface area contributed by atoms with Gasteiger partial charge in [0.25, 0.3) is 0 Å². The molecule has 0 bridgehead atoms. The van der Waals surface area contributed by atoms with E-state index in [4.69, 9.17) is 9.47 Å². The largest absolute Gasteiger partial charge is 0.381 e. The molecule has 0 amide bonds. The maximum Gasteiger partial charge on any atom is 0.0598 e. The Morgan fingerprint density at radius 3 is 2.89 bits per heavy atom. The molecule has 18 heavy (non-hydrogen) atoms. The quantitative estimate of drug-likeness (QED) is 0.817. The molecule has 2 aliphatic rings. The van der Waals surface area contributed by atoms with E-state index < -0.39 is 0 Å². The molecule has 0 aromatic carbocycles. The minimum atomic E-state index is 0.457. The van der Waals surface area contributed by atoms with E-state index in [9.17, 15) is 0 Å². The van der Waals surface area contributed by atoms with E-state index in [0.29, 0.717) is 24.1 Å². The number of hydrogen-bond acceptors (Lipinski definition) is 4. The van der Waals surface area contributed by atoms with Crippen molar-refractivity contribution in [2.24, 2.45) is 5.92 Å². The molecule has 2 fully saturated rings. The maximum absolute atomic E-state index is 5.64. The van der Waals surface area contributed by atoms with Crippen LogP contribution in [-0.4, -0.2) is 63.5 Å². The first kappa shape index (κ1) is 14.3. The number of likely N-dealkylation sites (tertiary alicyclic amines) is 1. The fraction of sp³-hybridized carbons (Fsp3) is 1.00. The average molecular weight is 256 g/mol. The van der Waals surface area contributed by atoms with Gasteiger partial charge in [-0.2, -0.15) is 0 Å². The van der Waals surface area contributed by atoms with Crippen LogP contribution in [0.2, 0.25) is 0 Å². The molecule has 2 saturated heterocycles. The Balaban J connectivity index is 1.84. The zero-order valence-electron chi connectivity index (χ0n) is 12.0. The Labute approximate surface area is 111 Å². The summed E-state index contributed by atoms with van der Waals surface area (Å²) in [6, 6.07) is 1.24. The molecule has 0 aromatic rings. The molecule has 2 aliphatic heterocycles. The number of nitrogens with zero attached hydrogens (tertiary/aromatic N) is 1. The summed E-state index contributed by atoms with van der Waals surface area (Å²) in [6.07, 6.45) is 3.93. The first-order chi connectivity index (χ1) is 8.74. The van der Waals surface area contributed by atoms with E-state index in [-0.39, 0.29) is 0 Å². The van der Waals surface area contributed by atoms with Gasteiger partial charge < -0.3 is 19.7 Å². The second-order valence-electron chi connectivity index (χ2n) is 5.74. The third-order valence-electron chi connectivity index (χ3n) is 4.61. The maximum atomic E-state index is 5.64. The van der Waals surface area contributed by atoms with Gasteiger partial charge in [0.15, 0.2) is 0 Å². The molecule has 4 heteroatoms. The standard InChI is InChI=1S/C14H28N2O2/c1-11-8-13(17-3)4-6-16(11)9-12-10-18-7-5-14(12)15-2/h11-15H,4-10H2,1-3H3. The molecule has 4 unspecified atom stereocenters. The summed E-state index contributed by atoms with van der Waals surface area (Å²) in [5.41, 5.74) is 0. The molecule has 2 heterocycles. The second-order valence-corrected chi connectivity index (χ2v) is 5.74. The summed E-state index contributed by atoms with van der Waals surface area (Å²) in [4.78, 5) is 2.61. The zero-order valence-corrected chi connectivity index (χ0v) is 12.0. The third kappa shape index (κ3) is 3.44. The highest BCUT2D eigenvalue weighted by Crippen LogP contribution is 2.23. The predicted octanol–water partition coefficient (Wildman–Crippen LogP) is 1.11. The molecule has 0 saturated carbocycles. The zero-order chi connectivity index (χ0) is 13.0. The highest BCUT2D eigenvalue weighted by molar-refractivity contribution is 4.85. The second kappa shape index (κ2) is 6.85. The molecule has 0 radical (unpaired) electrons. The normalized spacial score (nSPS) is 38.8. The Hall–Kier alpha value is -0.160. The van der Waals surface area contributed by atoms with E-state index in [1.54, 1.807) is 0 Å². The van der Waals surface area contributed by atoms with Crippen molar-refractivity contribution in [1.82, 2.24) is 10.2 Å². The van der Waals surface area contributed by atoms with Crippen LogP contribution in [0.15, 0.2) is 0 Å². The van der Waals surface area contributed by atoms with Gasteiger partial charge in [0, 0.05) is 44.8 Å². The van der Waals surface area contributed by atoms with Crippen LogP contribution < -0.4 is 5.32 Å². The van der Waals surface area contributed by atoms with Crippen LogP contribution in [0, 0.1) is 5.92 Å². The molecule has 0 spiro atoms. The first-order valence-electron chi connectivity index (χ1n) is 7.26. The van der Waals surface area contributed by atoms with Gasteiger partial charge in [-0.15, -0.1) is 0 Å². The van der Waals surface area contributed by atoms with Crippen LogP contribution in [0.5, 0.6) is 0 Å². The molecule has 106 valence electrons. The summed E-state index contributed by atoms with van der Waals surface area (Å²) >= 11 is 0. The number of piperidine rings is 1. The summed E-state index contributed by atoms with van der Waals surface area (Å²) in [5.74, 6) is 0.630.